The molecule has 2 aromatic rings. The van der Waals surface area contributed by atoms with Gasteiger partial charge in [-0.15, -0.1) is 0 Å². The van der Waals surface area contributed by atoms with E-state index in [-0.39, 0.29) is 5.41 Å². The van der Waals surface area contributed by atoms with Gasteiger partial charge in [-0.25, -0.2) is 4.79 Å². The maximum absolute atomic E-state index is 11.9. The molecule has 1 N–H and O–H groups in total. The van der Waals surface area contributed by atoms with E-state index in [0.717, 1.165) is 52.5 Å². The van der Waals surface area contributed by atoms with Crippen LogP contribution in [0, 0.1) is 13.8 Å². The van der Waals surface area contributed by atoms with Crippen LogP contribution in [0.1, 0.15) is 59.4 Å². The average molecular weight is 283 g/mol. The van der Waals surface area contributed by atoms with Gasteiger partial charge in [0.1, 0.15) is 0 Å². The smallest absolute Gasteiger partial charge is 0.336 e. The molecule has 1 aliphatic rings. The Morgan fingerprint density at radius 3 is 2.67 bits per heavy atom. The number of fused-ring (bicyclic) bond motifs is 2. The third-order valence-corrected chi connectivity index (χ3v) is 4.87. The summed E-state index contributed by atoms with van der Waals surface area (Å²) in [4.78, 5) is 16.8. The lowest BCUT2D eigenvalue weighted by Crippen LogP contribution is -2.27. The molecule has 0 bridgehead atoms. The standard InChI is InChI=1S/C18H21NO2/c1-10-7-8-12-14(17(20)21)13-6-5-9-18(3,4)16(13)19-15(12)11(10)2/h7-8H,5-6,9H2,1-4H3,(H,20,21). The molecule has 1 aliphatic carbocycles. The van der Waals surface area contributed by atoms with E-state index in [9.17, 15) is 9.90 Å². The highest BCUT2D eigenvalue weighted by molar-refractivity contribution is 6.05. The van der Waals surface area contributed by atoms with Gasteiger partial charge in [0.15, 0.2) is 0 Å². The van der Waals surface area contributed by atoms with Crippen molar-refractivity contribution in [2.24, 2.45) is 0 Å². The molecule has 0 amide bonds. The van der Waals surface area contributed by atoms with Gasteiger partial charge in [-0.05, 0) is 49.8 Å². The number of aryl methyl sites for hydroxylation is 2. The first kappa shape index (κ1) is 14.1. The highest BCUT2D eigenvalue weighted by Gasteiger charge is 2.33. The maximum atomic E-state index is 11.9. The summed E-state index contributed by atoms with van der Waals surface area (Å²) in [6.45, 7) is 8.40. The number of hydrogen-bond donors (Lipinski definition) is 1. The fraction of sp³-hybridized carbons (Fsp3) is 0.444. The molecule has 1 aromatic heterocycles. The van der Waals surface area contributed by atoms with Gasteiger partial charge in [0.2, 0.25) is 0 Å². The summed E-state index contributed by atoms with van der Waals surface area (Å²) in [5.74, 6) is -0.834. The minimum absolute atomic E-state index is 0.0534. The molecule has 0 fully saturated rings. The topological polar surface area (TPSA) is 50.2 Å². The van der Waals surface area contributed by atoms with Crippen LogP contribution in [-0.4, -0.2) is 16.1 Å². The number of aromatic carboxylic acids is 1. The lowest BCUT2D eigenvalue weighted by Gasteiger charge is -2.32. The monoisotopic (exact) mass is 283 g/mol. The predicted molar refractivity (Wildman–Crippen MR) is 84.1 cm³/mol. The molecule has 0 saturated carbocycles. The van der Waals surface area contributed by atoms with Gasteiger partial charge in [0, 0.05) is 10.8 Å². The van der Waals surface area contributed by atoms with Crippen LogP contribution in [0.3, 0.4) is 0 Å². The molecule has 0 atom stereocenters. The van der Waals surface area contributed by atoms with Crippen molar-refractivity contribution in [1.82, 2.24) is 4.98 Å². The number of aromatic nitrogens is 1. The number of carboxylic acid groups (broad SMARTS) is 1. The first-order valence-corrected chi connectivity index (χ1v) is 7.49. The zero-order valence-corrected chi connectivity index (χ0v) is 13.1. The van der Waals surface area contributed by atoms with E-state index in [1.54, 1.807) is 0 Å². The summed E-state index contributed by atoms with van der Waals surface area (Å²) >= 11 is 0. The van der Waals surface area contributed by atoms with Crippen LogP contribution in [0.15, 0.2) is 12.1 Å². The van der Waals surface area contributed by atoms with Crippen molar-refractivity contribution < 1.29 is 9.90 Å². The van der Waals surface area contributed by atoms with E-state index in [2.05, 4.69) is 13.8 Å². The predicted octanol–water partition coefficient (Wildman–Crippen LogP) is 4.16. The highest BCUT2D eigenvalue weighted by Crippen LogP contribution is 2.40. The van der Waals surface area contributed by atoms with Gasteiger partial charge < -0.3 is 5.11 Å². The zero-order valence-electron chi connectivity index (χ0n) is 13.1. The minimum Gasteiger partial charge on any atom is -0.478 e. The summed E-state index contributed by atoms with van der Waals surface area (Å²) in [6.07, 6.45) is 2.90. The van der Waals surface area contributed by atoms with Gasteiger partial charge in [0.25, 0.3) is 0 Å². The van der Waals surface area contributed by atoms with Crippen LogP contribution < -0.4 is 0 Å². The summed E-state index contributed by atoms with van der Waals surface area (Å²) in [5.41, 5.74) is 5.41. The van der Waals surface area contributed by atoms with Gasteiger partial charge in [-0.3, -0.25) is 4.98 Å². The van der Waals surface area contributed by atoms with Crippen molar-refractivity contribution in [1.29, 1.82) is 0 Å². The van der Waals surface area contributed by atoms with E-state index in [1.165, 1.54) is 0 Å². The normalized spacial score (nSPS) is 16.8. The van der Waals surface area contributed by atoms with Crippen LogP contribution in [0.4, 0.5) is 0 Å². The first-order valence-electron chi connectivity index (χ1n) is 7.49. The van der Waals surface area contributed by atoms with Gasteiger partial charge in [-0.1, -0.05) is 26.0 Å². The fourth-order valence-electron chi connectivity index (χ4n) is 3.48. The molecule has 1 heterocycles. The maximum Gasteiger partial charge on any atom is 0.336 e. The van der Waals surface area contributed by atoms with E-state index >= 15 is 0 Å². The Bertz CT molecular complexity index is 760. The van der Waals surface area contributed by atoms with Crippen LogP contribution >= 0.6 is 0 Å². The number of nitrogens with zero attached hydrogens (tertiary/aromatic N) is 1. The third-order valence-electron chi connectivity index (χ3n) is 4.87. The van der Waals surface area contributed by atoms with Crippen LogP contribution in [0.2, 0.25) is 0 Å². The molecule has 3 nitrogen and oxygen atoms in total. The molecule has 21 heavy (non-hydrogen) atoms. The Morgan fingerprint density at radius 2 is 2.00 bits per heavy atom. The highest BCUT2D eigenvalue weighted by atomic mass is 16.4. The first-order chi connectivity index (χ1) is 9.83. The SMILES string of the molecule is Cc1ccc2c(C(=O)O)c3c(nc2c1C)C(C)(C)CCC3. The quantitative estimate of drug-likeness (QED) is 0.854. The Hall–Kier alpha value is -1.90. The molecular weight excluding hydrogens is 262 g/mol. The largest absolute Gasteiger partial charge is 0.478 e. The second-order valence-electron chi connectivity index (χ2n) is 6.76. The summed E-state index contributed by atoms with van der Waals surface area (Å²) in [6, 6.07) is 3.90. The zero-order chi connectivity index (χ0) is 15.4. The summed E-state index contributed by atoms with van der Waals surface area (Å²) < 4.78 is 0. The molecule has 0 unspecified atom stereocenters. The van der Waals surface area contributed by atoms with Gasteiger partial charge >= 0.3 is 5.97 Å². The van der Waals surface area contributed by atoms with E-state index in [0.29, 0.717) is 5.56 Å². The van der Waals surface area contributed by atoms with Crippen LogP contribution in [-0.2, 0) is 11.8 Å². The molecule has 1 aromatic carbocycles. The number of hydrogen-bond acceptors (Lipinski definition) is 2. The summed E-state index contributed by atoms with van der Waals surface area (Å²) in [7, 11) is 0. The number of rotatable bonds is 1. The van der Waals surface area contributed by atoms with Crippen LogP contribution in [0.5, 0.6) is 0 Å². The van der Waals surface area contributed by atoms with Crippen molar-refractivity contribution in [2.75, 3.05) is 0 Å². The molecule has 110 valence electrons. The fourth-order valence-corrected chi connectivity index (χ4v) is 3.48. The molecule has 0 spiro atoms. The van der Waals surface area contributed by atoms with Crippen molar-refractivity contribution >= 4 is 16.9 Å². The Kier molecular flexibility index (Phi) is 3.05. The Morgan fingerprint density at radius 1 is 1.29 bits per heavy atom. The average Bonchev–Trinajstić information content (AvgIpc) is 2.41. The van der Waals surface area contributed by atoms with Crippen molar-refractivity contribution in [3.8, 4) is 0 Å². The Labute approximate surface area is 125 Å². The van der Waals surface area contributed by atoms with Crippen molar-refractivity contribution in [3.05, 3.63) is 40.1 Å². The molecule has 3 rings (SSSR count). The van der Waals surface area contributed by atoms with Crippen LogP contribution in [0.25, 0.3) is 10.9 Å². The lowest BCUT2D eigenvalue weighted by molar-refractivity contribution is 0.0697. The molecule has 0 aliphatic heterocycles. The second-order valence-corrected chi connectivity index (χ2v) is 6.76. The molecule has 3 heteroatoms. The van der Waals surface area contributed by atoms with E-state index < -0.39 is 5.97 Å². The molecular formula is C18H21NO2. The third kappa shape index (κ3) is 2.03. The van der Waals surface area contributed by atoms with Gasteiger partial charge in [0.05, 0.1) is 16.8 Å². The Balaban J connectivity index is 2.50. The molecule has 0 radical (unpaired) electrons. The number of carboxylic acids is 1. The number of pyridine rings is 1. The van der Waals surface area contributed by atoms with Crippen molar-refractivity contribution in [3.63, 3.8) is 0 Å². The number of benzene rings is 1. The lowest BCUT2D eigenvalue weighted by atomic mass is 9.74. The van der Waals surface area contributed by atoms with E-state index in [1.807, 2.05) is 26.0 Å². The molecule has 0 saturated heterocycles. The van der Waals surface area contributed by atoms with Crippen molar-refractivity contribution in [2.45, 2.75) is 52.4 Å². The van der Waals surface area contributed by atoms with E-state index in [4.69, 9.17) is 4.98 Å². The second kappa shape index (κ2) is 4.55. The van der Waals surface area contributed by atoms with Gasteiger partial charge in [-0.2, -0.15) is 0 Å². The minimum atomic E-state index is -0.834. The number of carbonyl (C=O) groups is 1. The summed E-state index contributed by atoms with van der Waals surface area (Å²) in [5, 5.41) is 10.5.